The Morgan fingerprint density at radius 3 is 2.87 bits per heavy atom. The number of aromatic nitrogens is 3. The predicted molar refractivity (Wildman–Crippen MR) is 60.7 cm³/mol. The van der Waals surface area contributed by atoms with Gasteiger partial charge >= 0.3 is 0 Å². The van der Waals surface area contributed by atoms with Gasteiger partial charge in [-0.15, -0.1) is 5.10 Å². The number of aromatic amines is 1. The van der Waals surface area contributed by atoms with Crippen LogP contribution in [0, 0.1) is 0 Å². The van der Waals surface area contributed by atoms with Crippen molar-refractivity contribution < 1.29 is 4.79 Å². The summed E-state index contributed by atoms with van der Waals surface area (Å²) in [6.45, 7) is 1.98. The zero-order chi connectivity index (χ0) is 11.4. The number of hydrogen-bond donors (Lipinski definition) is 2. The van der Waals surface area contributed by atoms with Crippen LogP contribution in [0.25, 0.3) is 0 Å². The minimum atomic E-state index is -0.194. The SMILES string of the molecule is CSCC(C)N(C)C(=O)c1nc(N)n[nH]1. The highest BCUT2D eigenvalue weighted by Crippen LogP contribution is 2.07. The first-order valence-corrected chi connectivity index (χ1v) is 5.89. The number of nitrogens with two attached hydrogens (primary N) is 1. The molecule has 1 aromatic rings. The summed E-state index contributed by atoms with van der Waals surface area (Å²) < 4.78 is 0. The fraction of sp³-hybridized carbons (Fsp3) is 0.625. The summed E-state index contributed by atoms with van der Waals surface area (Å²) in [5.74, 6) is 0.958. The molecule has 0 fully saturated rings. The van der Waals surface area contributed by atoms with Crippen LogP contribution in [-0.4, -0.2) is 51.1 Å². The molecule has 1 amide bonds. The Balaban J connectivity index is 2.68. The molecule has 3 N–H and O–H groups in total. The van der Waals surface area contributed by atoms with Crippen molar-refractivity contribution in [3.8, 4) is 0 Å². The summed E-state index contributed by atoms with van der Waals surface area (Å²) >= 11 is 1.69. The molecule has 0 spiro atoms. The highest BCUT2D eigenvalue weighted by Gasteiger charge is 2.19. The number of carbonyl (C=O) groups excluding carboxylic acids is 1. The van der Waals surface area contributed by atoms with E-state index in [1.807, 2.05) is 13.2 Å². The molecule has 1 unspecified atom stereocenters. The highest BCUT2D eigenvalue weighted by molar-refractivity contribution is 7.98. The Labute approximate surface area is 92.6 Å². The number of carbonyl (C=O) groups is 1. The second kappa shape index (κ2) is 5.01. The maximum atomic E-state index is 11.8. The number of rotatable bonds is 4. The van der Waals surface area contributed by atoms with Crippen LogP contribution in [-0.2, 0) is 0 Å². The van der Waals surface area contributed by atoms with Crippen molar-refractivity contribution in [3.05, 3.63) is 5.82 Å². The zero-order valence-electron chi connectivity index (χ0n) is 9.02. The molecule has 6 nitrogen and oxygen atoms in total. The smallest absolute Gasteiger partial charge is 0.291 e. The van der Waals surface area contributed by atoms with Gasteiger partial charge in [-0.2, -0.15) is 16.7 Å². The molecule has 1 aromatic heterocycles. The van der Waals surface area contributed by atoms with E-state index >= 15 is 0 Å². The summed E-state index contributed by atoms with van der Waals surface area (Å²) in [6, 6.07) is 0.152. The Kier molecular flexibility index (Phi) is 3.96. The molecule has 0 aromatic carbocycles. The lowest BCUT2D eigenvalue weighted by Gasteiger charge is -2.22. The van der Waals surface area contributed by atoms with E-state index < -0.39 is 0 Å². The molecule has 84 valence electrons. The topological polar surface area (TPSA) is 87.9 Å². The third kappa shape index (κ3) is 2.85. The number of H-pyrrole nitrogens is 1. The lowest BCUT2D eigenvalue weighted by Crippen LogP contribution is -2.37. The second-order valence-electron chi connectivity index (χ2n) is 3.26. The van der Waals surface area contributed by atoms with Crippen LogP contribution in [0.15, 0.2) is 0 Å². The molecule has 0 aliphatic heterocycles. The molecular formula is C8H15N5OS. The van der Waals surface area contributed by atoms with Gasteiger partial charge in [0.25, 0.3) is 5.91 Å². The van der Waals surface area contributed by atoms with Crippen LogP contribution in [0.5, 0.6) is 0 Å². The molecule has 1 heterocycles. The molecule has 0 saturated carbocycles. The van der Waals surface area contributed by atoms with Crippen LogP contribution < -0.4 is 5.73 Å². The van der Waals surface area contributed by atoms with Gasteiger partial charge in [0.05, 0.1) is 0 Å². The molecule has 7 heteroatoms. The fourth-order valence-corrected chi connectivity index (χ4v) is 1.80. The number of hydrogen-bond acceptors (Lipinski definition) is 5. The van der Waals surface area contributed by atoms with E-state index in [9.17, 15) is 4.79 Å². The Morgan fingerprint density at radius 2 is 2.40 bits per heavy atom. The molecular weight excluding hydrogens is 214 g/mol. The van der Waals surface area contributed by atoms with E-state index in [1.165, 1.54) is 0 Å². The van der Waals surface area contributed by atoms with Crippen molar-refractivity contribution in [2.24, 2.45) is 0 Å². The van der Waals surface area contributed by atoms with Crippen molar-refractivity contribution in [2.45, 2.75) is 13.0 Å². The van der Waals surface area contributed by atoms with Crippen LogP contribution >= 0.6 is 11.8 Å². The summed E-state index contributed by atoms with van der Waals surface area (Å²) in [5, 5.41) is 6.11. The molecule has 0 bridgehead atoms. The molecule has 0 radical (unpaired) electrons. The van der Waals surface area contributed by atoms with E-state index in [1.54, 1.807) is 23.7 Å². The quantitative estimate of drug-likeness (QED) is 0.770. The number of anilines is 1. The van der Waals surface area contributed by atoms with Crippen LogP contribution in [0.2, 0.25) is 0 Å². The first-order valence-electron chi connectivity index (χ1n) is 4.50. The lowest BCUT2D eigenvalue weighted by atomic mass is 10.3. The Hall–Kier alpha value is -1.24. The fourth-order valence-electron chi connectivity index (χ4n) is 1.09. The third-order valence-electron chi connectivity index (χ3n) is 2.09. The zero-order valence-corrected chi connectivity index (χ0v) is 9.84. The van der Waals surface area contributed by atoms with Crippen LogP contribution in [0.3, 0.4) is 0 Å². The van der Waals surface area contributed by atoms with E-state index in [0.717, 1.165) is 5.75 Å². The molecule has 0 saturated heterocycles. The normalized spacial score (nSPS) is 12.5. The van der Waals surface area contributed by atoms with E-state index in [4.69, 9.17) is 5.73 Å². The summed E-state index contributed by atoms with van der Waals surface area (Å²) in [5.41, 5.74) is 5.32. The van der Waals surface area contributed by atoms with Crippen molar-refractivity contribution >= 4 is 23.6 Å². The standard InChI is InChI=1S/C8H15N5OS/c1-5(4-15-3)13(2)7(14)6-10-8(9)12-11-6/h5H,4H2,1-3H3,(H3,9,10,11,12). The minimum Gasteiger partial charge on any atom is -0.366 e. The van der Waals surface area contributed by atoms with Crippen molar-refractivity contribution in [1.29, 1.82) is 0 Å². The highest BCUT2D eigenvalue weighted by atomic mass is 32.2. The van der Waals surface area contributed by atoms with Gasteiger partial charge in [0.15, 0.2) is 0 Å². The van der Waals surface area contributed by atoms with Gasteiger partial charge in [0.1, 0.15) is 0 Å². The average molecular weight is 229 g/mol. The van der Waals surface area contributed by atoms with Gasteiger partial charge in [-0.1, -0.05) is 0 Å². The van der Waals surface area contributed by atoms with E-state index in [-0.39, 0.29) is 23.7 Å². The molecule has 15 heavy (non-hydrogen) atoms. The molecule has 1 rings (SSSR count). The lowest BCUT2D eigenvalue weighted by molar-refractivity contribution is 0.0746. The van der Waals surface area contributed by atoms with Crippen molar-refractivity contribution in [1.82, 2.24) is 20.1 Å². The summed E-state index contributed by atoms with van der Waals surface area (Å²) in [7, 11) is 1.74. The Morgan fingerprint density at radius 1 is 1.73 bits per heavy atom. The summed E-state index contributed by atoms with van der Waals surface area (Å²) in [6.07, 6.45) is 2.00. The van der Waals surface area contributed by atoms with E-state index in [0.29, 0.717) is 0 Å². The number of nitrogens with one attached hydrogen (secondary N) is 1. The second-order valence-corrected chi connectivity index (χ2v) is 4.17. The van der Waals surface area contributed by atoms with Crippen LogP contribution in [0.1, 0.15) is 17.5 Å². The maximum Gasteiger partial charge on any atom is 0.291 e. The van der Waals surface area contributed by atoms with Gasteiger partial charge < -0.3 is 10.6 Å². The molecule has 0 aliphatic carbocycles. The number of nitrogen functional groups attached to an aromatic ring is 1. The van der Waals surface area contributed by atoms with Gasteiger partial charge in [0, 0.05) is 18.8 Å². The van der Waals surface area contributed by atoms with Gasteiger partial charge in [-0.05, 0) is 13.2 Å². The average Bonchev–Trinajstić information content (AvgIpc) is 2.63. The number of amides is 1. The Bertz CT molecular complexity index is 340. The number of thioether (sulfide) groups is 1. The van der Waals surface area contributed by atoms with Gasteiger partial charge in [0.2, 0.25) is 11.8 Å². The van der Waals surface area contributed by atoms with E-state index in [2.05, 4.69) is 15.2 Å². The minimum absolute atomic E-state index is 0.0873. The first kappa shape index (κ1) is 11.8. The van der Waals surface area contributed by atoms with Crippen LogP contribution in [0.4, 0.5) is 5.95 Å². The molecule has 0 aliphatic rings. The van der Waals surface area contributed by atoms with Gasteiger partial charge in [-0.25, -0.2) is 0 Å². The van der Waals surface area contributed by atoms with Crippen molar-refractivity contribution in [3.63, 3.8) is 0 Å². The van der Waals surface area contributed by atoms with Gasteiger partial charge in [-0.3, -0.25) is 9.89 Å². The van der Waals surface area contributed by atoms with Crippen molar-refractivity contribution in [2.75, 3.05) is 24.8 Å². The largest absolute Gasteiger partial charge is 0.366 e. The monoisotopic (exact) mass is 229 g/mol. The first-order chi connectivity index (χ1) is 7.06. The molecule has 1 atom stereocenters. The third-order valence-corrected chi connectivity index (χ3v) is 2.91. The number of nitrogens with zero attached hydrogens (tertiary/aromatic N) is 3. The predicted octanol–water partition coefficient (Wildman–Crippen LogP) is 0.210. The summed E-state index contributed by atoms with van der Waals surface area (Å²) in [4.78, 5) is 17.2. The maximum absolute atomic E-state index is 11.8.